The molecule has 0 radical (unpaired) electrons. The predicted molar refractivity (Wildman–Crippen MR) is 54.4 cm³/mol. The molecule has 0 fully saturated rings. The summed E-state index contributed by atoms with van der Waals surface area (Å²) in [6.07, 6.45) is 3.43. The SMILES string of the molecule is CC(C)=CCCC(C)(O)C(N)CO. The molecule has 2 atom stereocenters. The molecule has 0 saturated carbocycles. The van der Waals surface area contributed by atoms with E-state index >= 15 is 0 Å². The minimum Gasteiger partial charge on any atom is -0.395 e. The van der Waals surface area contributed by atoms with Crippen molar-refractivity contribution in [2.75, 3.05) is 6.61 Å². The van der Waals surface area contributed by atoms with Crippen molar-refractivity contribution in [3.63, 3.8) is 0 Å². The summed E-state index contributed by atoms with van der Waals surface area (Å²) in [7, 11) is 0. The first-order valence-corrected chi connectivity index (χ1v) is 4.62. The van der Waals surface area contributed by atoms with Crippen LogP contribution in [0.4, 0.5) is 0 Å². The highest BCUT2D eigenvalue weighted by atomic mass is 16.3. The van der Waals surface area contributed by atoms with E-state index < -0.39 is 11.6 Å². The Morgan fingerprint density at radius 2 is 2.08 bits per heavy atom. The third kappa shape index (κ3) is 5.03. The van der Waals surface area contributed by atoms with Gasteiger partial charge in [-0.15, -0.1) is 0 Å². The summed E-state index contributed by atoms with van der Waals surface area (Å²) in [6.45, 7) is 5.51. The minimum atomic E-state index is -0.972. The zero-order valence-electron chi connectivity index (χ0n) is 8.75. The lowest BCUT2D eigenvalue weighted by Gasteiger charge is -2.28. The molecule has 0 rings (SSSR count). The average molecular weight is 187 g/mol. The Morgan fingerprint density at radius 3 is 2.46 bits per heavy atom. The van der Waals surface area contributed by atoms with Gasteiger partial charge in [0, 0.05) is 0 Å². The zero-order valence-corrected chi connectivity index (χ0v) is 8.75. The van der Waals surface area contributed by atoms with E-state index in [0.717, 1.165) is 6.42 Å². The van der Waals surface area contributed by atoms with E-state index in [1.165, 1.54) is 5.57 Å². The Labute approximate surface area is 80.3 Å². The molecule has 0 aromatic rings. The highest BCUT2D eigenvalue weighted by Gasteiger charge is 2.27. The van der Waals surface area contributed by atoms with Gasteiger partial charge in [0.05, 0.1) is 18.2 Å². The van der Waals surface area contributed by atoms with Crippen LogP contribution in [0.15, 0.2) is 11.6 Å². The van der Waals surface area contributed by atoms with Gasteiger partial charge in [0.1, 0.15) is 0 Å². The molecule has 0 aliphatic carbocycles. The van der Waals surface area contributed by atoms with Gasteiger partial charge in [-0.2, -0.15) is 0 Å². The number of rotatable bonds is 5. The number of allylic oxidation sites excluding steroid dienone is 2. The summed E-state index contributed by atoms with van der Waals surface area (Å²) < 4.78 is 0. The Morgan fingerprint density at radius 1 is 1.54 bits per heavy atom. The van der Waals surface area contributed by atoms with Crippen molar-refractivity contribution >= 4 is 0 Å². The number of hydrogen-bond acceptors (Lipinski definition) is 3. The molecule has 3 heteroatoms. The van der Waals surface area contributed by atoms with Crippen molar-refractivity contribution in [2.24, 2.45) is 5.73 Å². The van der Waals surface area contributed by atoms with Crippen LogP contribution >= 0.6 is 0 Å². The molecular weight excluding hydrogens is 166 g/mol. The molecular formula is C10H21NO2. The standard InChI is InChI=1S/C10H21NO2/c1-8(2)5-4-6-10(3,13)9(11)7-12/h5,9,12-13H,4,6-7,11H2,1-3H3. The molecule has 0 heterocycles. The minimum absolute atomic E-state index is 0.179. The van der Waals surface area contributed by atoms with Crippen molar-refractivity contribution in [3.8, 4) is 0 Å². The Kier molecular flexibility index (Phi) is 5.21. The molecule has 0 saturated heterocycles. The van der Waals surface area contributed by atoms with E-state index in [1.54, 1.807) is 6.92 Å². The third-order valence-electron chi connectivity index (χ3n) is 2.20. The third-order valence-corrected chi connectivity index (χ3v) is 2.20. The summed E-state index contributed by atoms with van der Waals surface area (Å²) in [5.41, 5.74) is 5.81. The quantitative estimate of drug-likeness (QED) is 0.558. The molecule has 0 aromatic heterocycles. The second-order valence-corrected chi connectivity index (χ2v) is 3.97. The smallest absolute Gasteiger partial charge is 0.0795 e. The molecule has 0 aliphatic rings. The van der Waals surface area contributed by atoms with Crippen LogP contribution in [0.1, 0.15) is 33.6 Å². The van der Waals surface area contributed by atoms with Crippen molar-refractivity contribution in [1.29, 1.82) is 0 Å². The van der Waals surface area contributed by atoms with Crippen LogP contribution in [0.5, 0.6) is 0 Å². The van der Waals surface area contributed by atoms with Gasteiger partial charge >= 0.3 is 0 Å². The van der Waals surface area contributed by atoms with Gasteiger partial charge in [-0.3, -0.25) is 0 Å². The molecule has 4 N–H and O–H groups in total. The van der Waals surface area contributed by atoms with Gasteiger partial charge in [-0.25, -0.2) is 0 Å². The molecule has 0 aliphatic heterocycles. The summed E-state index contributed by atoms with van der Waals surface area (Å²) in [6, 6.07) is -0.557. The Bertz CT molecular complexity index is 172. The lowest BCUT2D eigenvalue weighted by Crippen LogP contribution is -2.47. The van der Waals surface area contributed by atoms with Gasteiger partial charge < -0.3 is 15.9 Å². The van der Waals surface area contributed by atoms with Crippen molar-refractivity contribution in [2.45, 2.75) is 45.3 Å². The van der Waals surface area contributed by atoms with Crippen LogP contribution in [0.2, 0.25) is 0 Å². The second-order valence-electron chi connectivity index (χ2n) is 3.97. The van der Waals surface area contributed by atoms with E-state index in [9.17, 15) is 5.11 Å². The van der Waals surface area contributed by atoms with Gasteiger partial charge in [-0.1, -0.05) is 11.6 Å². The van der Waals surface area contributed by atoms with Crippen molar-refractivity contribution in [1.82, 2.24) is 0 Å². The van der Waals surface area contributed by atoms with Crippen LogP contribution in [0, 0.1) is 0 Å². The maximum Gasteiger partial charge on any atom is 0.0795 e. The summed E-state index contributed by atoms with van der Waals surface area (Å²) in [5, 5.41) is 18.6. The first-order chi connectivity index (χ1) is 5.90. The van der Waals surface area contributed by atoms with E-state index in [-0.39, 0.29) is 6.61 Å². The Balaban J connectivity index is 3.96. The monoisotopic (exact) mass is 187 g/mol. The normalized spacial score (nSPS) is 17.7. The van der Waals surface area contributed by atoms with Crippen LogP contribution in [0.25, 0.3) is 0 Å². The largest absolute Gasteiger partial charge is 0.395 e. The first kappa shape index (κ1) is 12.6. The molecule has 0 aromatic carbocycles. The van der Waals surface area contributed by atoms with E-state index in [1.807, 2.05) is 13.8 Å². The molecule has 0 spiro atoms. The maximum atomic E-state index is 9.78. The fraction of sp³-hybridized carbons (Fsp3) is 0.800. The van der Waals surface area contributed by atoms with Crippen LogP contribution < -0.4 is 5.73 Å². The lowest BCUT2D eigenvalue weighted by molar-refractivity contribution is 0.00648. The van der Waals surface area contributed by atoms with E-state index in [4.69, 9.17) is 10.8 Å². The molecule has 2 unspecified atom stereocenters. The molecule has 13 heavy (non-hydrogen) atoms. The van der Waals surface area contributed by atoms with E-state index in [2.05, 4.69) is 6.08 Å². The van der Waals surface area contributed by atoms with Crippen molar-refractivity contribution in [3.05, 3.63) is 11.6 Å². The summed E-state index contributed by atoms with van der Waals surface area (Å²) in [4.78, 5) is 0. The maximum absolute atomic E-state index is 9.78. The number of aliphatic hydroxyl groups is 2. The summed E-state index contributed by atoms with van der Waals surface area (Å²) in [5.74, 6) is 0. The topological polar surface area (TPSA) is 66.5 Å². The fourth-order valence-electron chi connectivity index (χ4n) is 1.04. The molecule has 0 amide bonds. The van der Waals surface area contributed by atoms with Crippen LogP contribution in [-0.4, -0.2) is 28.5 Å². The summed E-state index contributed by atoms with van der Waals surface area (Å²) >= 11 is 0. The second kappa shape index (κ2) is 5.37. The molecule has 0 bridgehead atoms. The van der Waals surface area contributed by atoms with E-state index in [0.29, 0.717) is 6.42 Å². The van der Waals surface area contributed by atoms with Crippen LogP contribution in [0.3, 0.4) is 0 Å². The number of hydrogen-bond donors (Lipinski definition) is 3. The fourth-order valence-corrected chi connectivity index (χ4v) is 1.04. The van der Waals surface area contributed by atoms with Crippen LogP contribution in [-0.2, 0) is 0 Å². The molecule has 78 valence electrons. The van der Waals surface area contributed by atoms with Crippen molar-refractivity contribution < 1.29 is 10.2 Å². The average Bonchev–Trinajstić information content (AvgIpc) is 2.01. The van der Waals surface area contributed by atoms with Gasteiger partial charge in [0.2, 0.25) is 0 Å². The van der Waals surface area contributed by atoms with Gasteiger partial charge in [-0.05, 0) is 33.6 Å². The lowest BCUT2D eigenvalue weighted by atomic mass is 9.92. The predicted octanol–water partition coefficient (Wildman–Crippen LogP) is 0.803. The molecule has 3 nitrogen and oxygen atoms in total. The number of nitrogens with two attached hydrogens (primary N) is 1. The van der Waals surface area contributed by atoms with Gasteiger partial charge in [0.25, 0.3) is 0 Å². The van der Waals surface area contributed by atoms with Gasteiger partial charge in [0.15, 0.2) is 0 Å². The highest BCUT2D eigenvalue weighted by Crippen LogP contribution is 2.16. The number of aliphatic hydroxyl groups excluding tert-OH is 1. The highest BCUT2D eigenvalue weighted by molar-refractivity contribution is 4.95. The zero-order chi connectivity index (χ0) is 10.5. The first-order valence-electron chi connectivity index (χ1n) is 4.62. The Hall–Kier alpha value is -0.380.